The Morgan fingerprint density at radius 1 is 1.14 bits per heavy atom. The SMILES string of the molecule is Cc1csc(C)[n+]1CC(=O)c1ccccc1.[O-][Cl+3]([O-])([O-])[O-]. The van der Waals surface area contributed by atoms with E-state index in [1.54, 1.807) is 11.3 Å². The lowest BCUT2D eigenvalue weighted by Crippen LogP contribution is -2.68. The summed E-state index contributed by atoms with van der Waals surface area (Å²) in [6.45, 7) is 4.50. The molecule has 0 N–H and O–H groups in total. The van der Waals surface area contributed by atoms with Crippen LogP contribution >= 0.6 is 11.3 Å². The maximum atomic E-state index is 12.0. The van der Waals surface area contributed by atoms with Gasteiger partial charge in [0.25, 0.3) is 0 Å². The maximum absolute atomic E-state index is 12.0. The van der Waals surface area contributed by atoms with Gasteiger partial charge in [-0.2, -0.15) is 4.57 Å². The summed E-state index contributed by atoms with van der Waals surface area (Å²) in [5, 5.41) is 3.25. The minimum Gasteiger partial charge on any atom is -0.287 e. The molecule has 1 heterocycles. The van der Waals surface area contributed by atoms with E-state index in [1.165, 1.54) is 5.01 Å². The summed E-state index contributed by atoms with van der Waals surface area (Å²) in [5.74, 6) is 0.162. The highest BCUT2D eigenvalue weighted by atomic mass is 35.7. The monoisotopic (exact) mass is 331 g/mol. The van der Waals surface area contributed by atoms with E-state index >= 15 is 0 Å². The number of hydrogen-bond donors (Lipinski definition) is 0. The van der Waals surface area contributed by atoms with Crippen LogP contribution in [-0.2, 0) is 6.54 Å². The number of ketones is 1. The maximum Gasteiger partial charge on any atom is 0.234 e. The van der Waals surface area contributed by atoms with Crippen LogP contribution in [0, 0.1) is 24.1 Å². The van der Waals surface area contributed by atoms with Gasteiger partial charge in [0.2, 0.25) is 17.3 Å². The first-order valence-corrected chi connectivity index (χ1v) is 7.94. The van der Waals surface area contributed by atoms with E-state index in [1.807, 2.05) is 44.2 Å². The molecule has 0 aliphatic heterocycles. The summed E-state index contributed by atoms with van der Waals surface area (Å²) in [4.78, 5) is 12.0. The lowest BCUT2D eigenvalue weighted by atomic mass is 10.1. The molecule has 0 radical (unpaired) electrons. The first kappa shape index (κ1) is 17.7. The van der Waals surface area contributed by atoms with Crippen LogP contribution in [0.25, 0.3) is 0 Å². The predicted octanol–water partition coefficient (Wildman–Crippen LogP) is -2.22. The van der Waals surface area contributed by atoms with E-state index in [2.05, 4.69) is 9.95 Å². The van der Waals surface area contributed by atoms with Gasteiger partial charge in [-0.25, -0.2) is 18.6 Å². The Kier molecular flexibility index (Phi) is 6.41. The fourth-order valence-electron chi connectivity index (χ4n) is 1.64. The molecule has 0 saturated carbocycles. The molecule has 21 heavy (non-hydrogen) atoms. The van der Waals surface area contributed by atoms with Crippen molar-refractivity contribution in [2.75, 3.05) is 0 Å². The molecule has 0 amide bonds. The molecule has 2 aromatic rings. The highest BCUT2D eigenvalue weighted by molar-refractivity contribution is 7.09. The number of thiazole rings is 1. The van der Waals surface area contributed by atoms with E-state index in [9.17, 15) is 4.79 Å². The van der Waals surface area contributed by atoms with E-state index < -0.39 is 10.2 Å². The Hall–Kier alpha value is -1.35. The number of rotatable bonds is 3. The van der Waals surface area contributed by atoms with Crippen LogP contribution in [0.2, 0.25) is 0 Å². The van der Waals surface area contributed by atoms with E-state index in [-0.39, 0.29) is 5.78 Å². The molecule has 1 aromatic heterocycles. The van der Waals surface area contributed by atoms with Crippen molar-refractivity contribution in [3.63, 3.8) is 0 Å². The van der Waals surface area contributed by atoms with Gasteiger partial charge in [0.05, 0.1) is 5.38 Å². The van der Waals surface area contributed by atoms with Crippen molar-refractivity contribution in [2.24, 2.45) is 0 Å². The van der Waals surface area contributed by atoms with Gasteiger partial charge in [-0.3, -0.25) is 4.79 Å². The third kappa shape index (κ3) is 6.76. The van der Waals surface area contributed by atoms with Crippen LogP contribution in [0.4, 0.5) is 0 Å². The van der Waals surface area contributed by atoms with Crippen molar-refractivity contribution in [1.82, 2.24) is 0 Å². The zero-order chi connectivity index (χ0) is 16.0. The van der Waals surface area contributed by atoms with Gasteiger partial charge in [0.1, 0.15) is 0 Å². The number of aromatic nitrogens is 1. The molecule has 0 saturated heterocycles. The summed E-state index contributed by atoms with van der Waals surface area (Å²) >= 11 is 1.68. The van der Waals surface area contributed by atoms with Crippen molar-refractivity contribution >= 4 is 17.1 Å². The van der Waals surface area contributed by atoms with Gasteiger partial charge in [-0.15, -0.1) is 10.2 Å². The van der Waals surface area contributed by atoms with Gasteiger partial charge in [-0.1, -0.05) is 41.7 Å². The Bertz CT molecular complexity index is 569. The van der Waals surface area contributed by atoms with Crippen LogP contribution in [0.3, 0.4) is 0 Å². The third-order valence-electron chi connectivity index (χ3n) is 2.60. The molecule has 114 valence electrons. The van der Waals surface area contributed by atoms with Crippen molar-refractivity contribution in [1.29, 1.82) is 0 Å². The predicted molar refractivity (Wildman–Crippen MR) is 64.8 cm³/mol. The first-order valence-electron chi connectivity index (χ1n) is 5.83. The standard InChI is InChI=1S/C13H14NOS.ClHO4/c1-10-9-16-11(2)14(10)8-13(15)12-6-4-3-5-7-12;2-1(3,4)5/h3-7,9H,8H2,1-2H3;(H,2,3,4,5)/q+1;/p-1. The summed E-state index contributed by atoms with van der Waals surface area (Å²) in [7, 11) is -4.94. The number of nitrogens with zero attached hydrogens (tertiary/aromatic N) is 1. The van der Waals surface area contributed by atoms with Gasteiger partial charge in [0, 0.05) is 19.4 Å². The normalized spacial score (nSPS) is 10.8. The highest BCUT2D eigenvalue weighted by Crippen LogP contribution is 2.06. The average molecular weight is 332 g/mol. The molecule has 0 fully saturated rings. The Labute approximate surface area is 128 Å². The molecular formula is C13H14ClNO5S. The second-order valence-electron chi connectivity index (χ2n) is 4.15. The molecule has 8 heteroatoms. The Balaban J connectivity index is 0.000000383. The third-order valence-corrected chi connectivity index (χ3v) is 3.62. The second kappa shape index (κ2) is 7.60. The topological polar surface area (TPSA) is 113 Å². The summed E-state index contributed by atoms with van der Waals surface area (Å²) < 4.78 is 36.0. The molecule has 0 atom stereocenters. The fraction of sp³-hybridized carbons (Fsp3) is 0.231. The minimum atomic E-state index is -4.94. The summed E-state index contributed by atoms with van der Waals surface area (Å²) in [6, 6.07) is 9.43. The number of halogens is 1. The van der Waals surface area contributed by atoms with Crippen LogP contribution in [0.5, 0.6) is 0 Å². The second-order valence-corrected chi connectivity index (χ2v) is 5.97. The molecular weight excluding hydrogens is 318 g/mol. The van der Waals surface area contributed by atoms with Crippen molar-refractivity contribution < 1.29 is 38.2 Å². The van der Waals surface area contributed by atoms with Gasteiger partial charge in [0.15, 0.2) is 5.69 Å². The fourth-order valence-corrected chi connectivity index (χ4v) is 2.45. The Morgan fingerprint density at radius 3 is 2.10 bits per heavy atom. The largest absolute Gasteiger partial charge is 0.287 e. The molecule has 0 unspecified atom stereocenters. The number of carbonyl (C=O) groups is 1. The highest BCUT2D eigenvalue weighted by Gasteiger charge is 2.18. The lowest BCUT2D eigenvalue weighted by Gasteiger charge is -2.17. The van der Waals surface area contributed by atoms with Crippen LogP contribution in [0.15, 0.2) is 35.7 Å². The van der Waals surface area contributed by atoms with Gasteiger partial charge >= 0.3 is 0 Å². The zero-order valence-electron chi connectivity index (χ0n) is 11.4. The quantitative estimate of drug-likeness (QED) is 0.467. The number of aryl methyl sites for hydroxylation is 2. The van der Waals surface area contributed by atoms with Crippen LogP contribution in [0.1, 0.15) is 21.1 Å². The molecule has 0 spiro atoms. The van der Waals surface area contributed by atoms with Crippen LogP contribution in [-0.4, -0.2) is 5.78 Å². The number of carbonyl (C=O) groups excluding carboxylic acids is 1. The smallest absolute Gasteiger partial charge is 0.234 e. The summed E-state index contributed by atoms with van der Waals surface area (Å²) in [5.41, 5.74) is 1.92. The Morgan fingerprint density at radius 2 is 1.67 bits per heavy atom. The summed E-state index contributed by atoms with van der Waals surface area (Å²) in [6.07, 6.45) is 0. The molecule has 2 rings (SSSR count). The van der Waals surface area contributed by atoms with Gasteiger partial charge < -0.3 is 0 Å². The molecule has 0 aliphatic carbocycles. The number of hydrogen-bond acceptors (Lipinski definition) is 6. The molecule has 0 bridgehead atoms. The van der Waals surface area contributed by atoms with Gasteiger partial charge in [-0.05, 0) is 0 Å². The zero-order valence-corrected chi connectivity index (χ0v) is 13.0. The van der Waals surface area contributed by atoms with Crippen molar-refractivity contribution in [2.45, 2.75) is 20.4 Å². The van der Waals surface area contributed by atoms with Crippen molar-refractivity contribution in [3.05, 3.63) is 52.0 Å². The molecule has 1 aromatic carbocycles. The van der Waals surface area contributed by atoms with Crippen molar-refractivity contribution in [3.8, 4) is 0 Å². The first-order chi connectivity index (χ1) is 9.68. The number of Topliss-reactive ketones (excluding diaryl/α,β-unsaturated/α-hetero) is 1. The number of benzene rings is 1. The van der Waals surface area contributed by atoms with E-state index in [4.69, 9.17) is 18.6 Å². The van der Waals surface area contributed by atoms with Crippen LogP contribution < -0.4 is 23.2 Å². The molecule has 6 nitrogen and oxygen atoms in total. The minimum absolute atomic E-state index is 0.162. The van der Waals surface area contributed by atoms with E-state index in [0.29, 0.717) is 6.54 Å². The van der Waals surface area contributed by atoms with E-state index in [0.717, 1.165) is 11.3 Å². The average Bonchev–Trinajstić information content (AvgIpc) is 2.69. The lowest BCUT2D eigenvalue weighted by molar-refractivity contribution is -2.00. The molecule has 0 aliphatic rings.